The highest BCUT2D eigenvalue weighted by Crippen LogP contribution is 2.34. The highest BCUT2D eigenvalue weighted by molar-refractivity contribution is 9.10. The number of amides is 1. The third-order valence-electron chi connectivity index (χ3n) is 5.35. The number of hydrogen-bond acceptors (Lipinski definition) is 3. The summed E-state index contributed by atoms with van der Waals surface area (Å²) in [5.41, 5.74) is 0. The van der Waals surface area contributed by atoms with E-state index in [0.717, 1.165) is 4.47 Å². The van der Waals surface area contributed by atoms with Gasteiger partial charge in [-0.15, -0.1) is 0 Å². The predicted molar refractivity (Wildman–Crippen MR) is 101 cm³/mol. The number of sulfonamides is 1. The third kappa shape index (κ3) is 4.54. The fraction of sp³-hybridized carbons (Fsp3) is 0.611. The second-order valence-corrected chi connectivity index (χ2v) is 10.1. The summed E-state index contributed by atoms with van der Waals surface area (Å²) in [5.74, 6) is -2.07. The lowest BCUT2D eigenvalue weighted by Gasteiger charge is -2.40. The molecule has 2 fully saturated rings. The molecule has 0 spiro atoms. The summed E-state index contributed by atoms with van der Waals surface area (Å²) in [6.07, 6.45) is -2.48. The van der Waals surface area contributed by atoms with E-state index in [0.29, 0.717) is 19.3 Å². The minimum absolute atomic E-state index is 0.00114. The maximum Gasteiger partial charge on any atom is 0.393 e. The molecule has 1 aromatic carbocycles. The Morgan fingerprint density at radius 2 is 1.71 bits per heavy atom. The van der Waals surface area contributed by atoms with Gasteiger partial charge in [0, 0.05) is 24.1 Å². The molecular formula is C18H22BrF3N2O3S. The second kappa shape index (κ2) is 8.31. The Balaban J connectivity index is 1.83. The maximum atomic E-state index is 13.1. The van der Waals surface area contributed by atoms with E-state index in [1.165, 1.54) is 21.3 Å². The first-order valence-corrected chi connectivity index (χ1v) is 11.5. The van der Waals surface area contributed by atoms with Gasteiger partial charge < -0.3 is 4.90 Å². The van der Waals surface area contributed by atoms with Crippen molar-refractivity contribution in [1.82, 2.24) is 9.21 Å². The monoisotopic (exact) mass is 482 g/mol. The molecule has 28 heavy (non-hydrogen) atoms. The summed E-state index contributed by atoms with van der Waals surface area (Å²) < 4.78 is 67.3. The molecule has 10 heteroatoms. The highest BCUT2D eigenvalue weighted by Gasteiger charge is 2.45. The van der Waals surface area contributed by atoms with Gasteiger partial charge in [-0.05, 0) is 49.9 Å². The summed E-state index contributed by atoms with van der Waals surface area (Å²) in [6, 6.07) is 5.17. The van der Waals surface area contributed by atoms with E-state index in [1.54, 1.807) is 12.1 Å². The maximum absolute atomic E-state index is 13.1. The van der Waals surface area contributed by atoms with Crippen LogP contribution >= 0.6 is 15.9 Å². The van der Waals surface area contributed by atoms with Gasteiger partial charge in [-0.3, -0.25) is 4.79 Å². The van der Waals surface area contributed by atoms with E-state index < -0.39 is 40.6 Å². The van der Waals surface area contributed by atoms with Crippen molar-refractivity contribution in [3.8, 4) is 0 Å². The van der Waals surface area contributed by atoms with Gasteiger partial charge in [0.15, 0.2) is 0 Å². The number of nitrogens with zero attached hydrogens (tertiary/aromatic N) is 2. The number of likely N-dealkylation sites (tertiary alicyclic amines) is 1. The van der Waals surface area contributed by atoms with Crippen molar-refractivity contribution in [2.45, 2.75) is 49.2 Å². The van der Waals surface area contributed by atoms with Crippen LogP contribution in [-0.2, 0) is 14.8 Å². The molecule has 2 atom stereocenters. The van der Waals surface area contributed by atoms with Crippen LogP contribution in [0.3, 0.4) is 0 Å². The molecule has 0 aromatic heterocycles. The number of alkyl halides is 3. The van der Waals surface area contributed by atoms with Crippen LogP contribution in [0, 0.1) is 5.92 Å². The van der Waals surface area contributed by atoms with Crippen molar-refractivity contribution < 1.29 is 26.4 Å². The molecule has 0 saturated carbocycles. The number of halogens is 4. The van der Waals surface area contributed by atoms with E-state index in [1.807, 2.05) is 0 Å². The summed E-state index contributed by atoms with van der Waals surface area (Å²) >= 11 is 3.26. The molecule has 3 rings (SSSR count). The molecule has 5 nitrogen and oxygen atoms in total. The van der Waals surface area contributed by atoms with Crippen LogP contribution < -0.4 is 0 Å². The number of rotatable bonds is 3. The fourth-order valence-corrected chi connectivity index (χ4v) is 5.75. The first-order chi connectivity index (χ1) is 13.1. The van der Waals surface area contributed by atoms with Gasteiger partial charge >= 0.3 is 6.18 Å². The van der Waals surface area contributed by atoms with Crippen molar-refractivity contribution in [2.24, 2.45) is 5.92 Å². The Kier molecular flexibility index (Phi) is 6.41. The summed E-state index contributed by atoms with van der Waals surface area (Å²) in [6.45, 7) is 0.0183. The minimum atomic E-state index is -4.35. The number of benzene rings is 1. The zero-order chi connectivity index (χ0) is 20.5. The van der Waals surface area contributed by atoms with Crippen LogP contribution in [-0.4, -0.2) is 55.4 Å². The van der Waals surface area contributed by atoms with Crippen molar-refractivity contribution in [1.29, 1.82) is 0 Å². The highest BCUT2D eigenvalue weighted by atomic mass is 79.9. The Morgan fingerprint density at radius 3 is 2.36 bits per heavy atom. The van der Waals surface area contributed by atoms with Crippen LogP contribution in [0.25, 0.3) is 0 Å². The minimum Gasteiger partial charge on any atom is -0.341 e. The third-order valence-corrected chi connectivity index (χ3v) is 7.81. The normalized spacial score (nSPS) is 24.9. The fourth-order valence-electron chi connectivity index (χ4n) is 3.84. The standard InChI is InChI=1S/C18H22BrF3N2O3S/c19-14-6-8-15(9-7-14)28(26,27)24-11-2-1-5-16(24)17(25)23-10-3-4-13(12-23)18(20,21)22/h6-9,13,16H,1-5,10-12H2. The molecule has 1 amide bonds. The van der Waals surface area contributed by atoms with E-state index in [-0.39, 0.29) is 30.8 Å². The molecule has 2 unspecified atom stereocenters. The second-order valence-electron chi connectivity index (χ2n) is 7.25. The van der Waals surface area contributed by atoms with Crippen LogP contribution in [0.2, 0.25) is 0 Å². The van der Waals surface area contributed by atoms with Gasteiger partial charge in [-0.25, -0.2) is 8.42 Å². The first-order valence-electron chi connectivity index (χ1n) is 9.23. The number of carbonyl (C=O) groups is 1. The predicted octanol–water partition coefficient (Wildman–Crippen LogP) is 3.79. The van der Waals surface area contributed by atoms with Gasteiger partial charge in [0.25, 0.3) is 0 Å². The Labute approximate surface area is 171 Å². The van der Waals surface area contributed by atoms with Gasteiger partial charge in [-0.1, -0.05) is 22.4 Å². The lowest BCUT2D eigenvalue weighted by atomic mass is 9.95. The lowest BCUT2D eigenvalue weighted by Crippen LogP contribution is -2.55. The topological polar surface area (TPSA) is 57.7 Å². The summed E-state index contributed by atoms with van der Waals surface area (Å²) in [7, 11) is -3.91. The van der Waals surface area contributed by atoms with Crippen molar-refractivity contribution in [3.63, 3.8) is 0 Å². The van der Waals surface area contributed by atoms with Crippen molar-refractivity contribution in [2.75, 3.05) is 19.6 Å². The number of piperidine rings is 2. The molecule has 0 aliphatic carbocycles. The quantitative estimate of drug-likeness (QED) is 0.658. The molecule has 2 aliphatic heterocycles. The molecule has 0 bridgehead atoms. The Bertz CT molecular complexity index is 814. The van der Waals surface area contributed by atoms with E-state index in [2.05, 4.69) is 15.9 Å². The van der Waals surface area contributed by atoms with E-state index in [9.17, 15) is 26.4 Å². The Morgan fingerprint density at radius 1 is 1.04 bits per heavy atom. The van der Waals surface area contributed by atoms with E-state index >= 15 is 0 Å². The largest absolute Gasteiger partial charge is 0.393 e. The van der Waals surface area contributed by atoms with E-state index in [4.69, 9.17) is 0 Å². The first kappa shape index (κ1) is 21.6. The van der Waals surface area contributed by atoms with Crippen LogP contribution in [0.4, 0.5) is 13.2 Å². The molecule has 1 aromatic rings. The van der Waals surface area contributed by atoms with Gasteiger partial charge in [0.1, 0.15) is 6.04 Å². The molecule has 0 N–H and O–H groups in total. The lowest BCUT2D eigenvalue weighted by molar-refractivity contribution is -0.188. The average Bonchev–Trinajstić information content (AvgIpc) is 2.67. The van der Waals surface area contributed by atoms with Gasteiger partial charge in [0.2, 0.25) is 15.9 Å². The molecule has 156 valence electrons. The van der Waals surface area contributed by atoms with Crippen LogP contribution in [0.5, 0.6) is 0 Å². The summed E-state index contributed by atoms with van der Waals surface area (Å²) in [5, 5.41) is 0. The van der Waals surface area contributed by atoms with Crippen LogP contribution in [0.15, 0.2) is 33.6 Å². The SMILES string of the molecule is O=C(C1CCCCN1S(=O)(=O)c1ccc(Br)cc1)N1CCCC(C(F)(F)F)C1. The van der Waals surface area contributed by atoms with Crippen LogP contribution in [0.1, 0.15) is 32.1 Å². The van der Waals surface area contributed by atoms with Crippen molar-refractivity contribution in [3.05, 3.63) is 28.7 Å². The molecule has 2 saturated heterocycles. The zero-order valence-corrected chi connectivity index (χ0v) is 17.6. The average molecular weight is 483 g/mol. The molecule has 0 radical (unpaired) electrons. The van der Waals surface area contributed by atoms with Gasteiger partial charge in [-0.2, -0.15) is 17.5 Å². The molecule has 2 aliphatic rings. The van der Waals surface area contributed by atoms with Gasteiger partial charge in [0.05, 0.1) is 10.8 Å². The molecular weight excluding hydrogens is 461 g/mol. The smallest absolute Gasteiger partial charge is 0.341 e. The Hall–Kier alpha value is -1.13. The number of carbonyl (C=O) groups excluding carboxylic acids is 1. The zero-order valence-electron chi connectivity index (χ0n) is 15.2. The van der Waals surface area contributed by atoms with Crippen molar-refractivity contribution >= 4 is 31.9 Å². The summed E-state index contributed by atoms with van der Waals surface area (Å²) in [4.78, 5) is 14.3. The molecule has 2 heterocycles. The number of hydrogen-bond donors (Lipinski definition) is 0.